The molecule has 5 nitrogen and oxygen atoms in total. The van der Waals surface area contributed by atoms with Crippen LogP contribution in [0, 0.1) is 5.92 Å². The van der Waals surface area contributed by atoms with E-state index in [2.05, 4.69) is 5.32 Å². The Morgan fingerprint density at radius 1 is 1.56 bits per heavy atom. The lowest BCUT2D eigenvalue weighted by molar-refractivity contribution is -0.122. The highest BCUT2D eigenvalue weighted by Crippen LogP contribution is 2.29. The predicted molar refractivity (Wildman–Crippen MR) is 66.3 cm³/mol. The molecule has 1 amide bonds. The highest BCUT2D eigenvalue weighted by molar-refractivity contribution is 5.86. The average molecular weight is 250 g/mol. The number of carbonyl (C=O) groups is 2. The van der Waals surface area contributed by atoms with Gasteiger partial charge >= 0.3 is 5.97 Å². The molecule has 0 aromatic carbocycles. The smallest absolute Gasteiger partial charge is 0.352 e. The molecule has 0 bridgehead atoms. The zero-order valence-electron chi connectivity index (χ0n) is 10.4. The molecular weight excluding hydrogens is 232 g/mol. The van der Waals surface area contributed by atoms with E-state index in [9.17, 15) is 9.59 Å². The fraction of sp³-hybridized carbons (Fsp3) is 0.538. The first kappa shape index (κ1) is 12.7. The quantitative estimate of drug-likeness (QED) is 0.831. The van der Waals surface area contributed by atoms with Crippen LogP contribution in [0.2, 0.25) is 0 Å². The second kappa shape index (κ2) is 5.25. The molecule has 2 N–H and O–H groups in total. The van der Waals surface area contributed by atoms with Crippen molar-refractivity contribution < 1.29 is 14.7 Å². The predicted octanol–water partition coefficient (Wildman–Crippen LogP) is 1.49. The van der Waals surface area contributed by atoms with Crippen molar-refractivity contribution in [1.29, 1.82) is 0 Å². The van der Waals surface area contributed by atoms with Gasteiger partial charge in [-0.2, -0.15) is 0 Å². The number of hydrogen-bond donors (Lipinski definition) is 2. The number of aromatic nitrogens is 1. The molecule has 1 unspecified atom stereocenters. The first-order valence-corrected chi connectivity index (χ1v) is 6.25. The molecule has 0 aliphatic heterocycles. The van der Waals surface area contributed by atoms with E-state index in [4.69, 9.17) is 5.11 Å². The molecule has 1 aliphatic carbocycles. The zero-order chi connectivity index (χ0) is 13.1. The summed E-state index contributed by atoms with van der Waals surface area (Å²) in [5, 5.41) is 11.9. The van der Waals surface area contributed by atoms with Gasteiger partial charge in [-0.15, -0.1) is 0 Å². The van der Waals surface area contributed by atoms with Crippen molar-refractivity contribution in [1.82, 2.24) is 9.88 Å². The molecule has 1 heterocycles. The minimum atomic E-state index is -1.01. The first-order chi connectivity index (χ1) is 8.58. The minimum absolute atomic E-state index is 0.0612. The summed E-state index contributed by atoms with van der Waals surface area (Å²) in [4.78, 5) is 22.7. The summed E-state index contributed by atoms with van der Waals surface area (Å²) in [5.41, 5.74) is 0.140. The molecule has 1 aliphatic rings. The second-order valence-corrected chi connectivity index (χ2v) is 4.87. The van der Waals surface area contributed by atoms with Crippen LogP contribution < -0.4 is 5.32 Å². The van der Waals surface area contributed by atoms with Crippen LogP contribution in [-0.4, -0.2) is 27.6 Å². The zero-order valence-corrected chi connectivity index (χ0v) is 10.4. The van der Waals surface area contributed by atoms with Gasteiger partial charge in [0.15, 0.2) is 0 Å². The maximum atomic E-state index is 11.8. The van der Waals surface area contributed by atoms with E-state index in [1.165, 1.54) is 29.9 Å². The van der Waals surface area contributed by atoms with Crippen molar-refractivity contribution in [2.45, 2.75) is 38.8 Å². The van der Waals surface area contributed by atoms with E-state index in [1.807, 2.05) is 6.92 Å². The van der Waals surface area contributed by atoms with Gasteiger partial charge in [-0.1, -0.05) is 6.42 Å². The highest BCUT2D eigenvalue weighted by atomic mass is 16.4. The van der Waals surface area contributed by atoms with Gasteiger partial charge in [0, 0.05) is 12.2 Å². The van der Waals surface area contributed by atoms with Crippen LogP contribution in [0.25, 0.3) is 0 Å². The Morgan fingerprint density at radius 2 is 2.28 bits per heavy atom. The molecule has 0 spiro atoms. The molecule has 2 rings (SSSR count). The third-order valence-corrected chi connectivity index (χ3v) is 3.61. The van der Waals surface area contributed by atoms with Gasteiger partial charge in [-0.25, -0.2) is 4.79 Å². The fourth-order valence-electron chi connectivity index (χ4n) is 2.26. The van der Waals surface area contributed by atoms with Crippen molar-refractivity contribution in [3.05, 3.63) is 24.0 Å². The Balaban J connectivity index is 1.90. The number of rotatable bonds is 5. The van der Waals surface area contributed by atoms with Crippen LogP contribution in [0.5, 0.6) is 0 Å². The molecule has 1 saturated carbocycles. The lowest BCUT2D eigenvalue weighted by Crippen LogP contribution is -2.42. The molecule has 98 valence electrons. The van der Waals surface area contributed by atoms with E-state index in [0.29, 0.717) is 5.92 Å². The number of carboxylic acid groups (broad SMARTS) is 1. The SMILES string of the molecule is CC(NC(=O)Cn1cccc1C(=O)O)C1CCC1. The normalized spacial score (nSPS) is 16.9. The van der Waals surface area contributed by atoms with Crippen LogP contribution in [0.1, 0.15) is 36.7 Å². The first-order valence-electron chi connectivity index (χ1n) is 6.25. The lowest BCUT2D eigenvalue weighted by atomic mass is 9.80. The van der Waals surface area contributed by atoms with Crippen molar-refractivity contribution in [3.8, 4) is 0 Å². The molecule has 0 saturated heterocycles. The molecule has 0 radical (unpaired) electrons. The third kappa shape index (κ3) is 2.72. The summed E-state index contributed by atoms with van der Waals surface area (Å²) >= 11 is 0. The van der Waals surface area contributed by atoms with Crippen LogP contribution >= 0.6 is 0 Å². The molecule has 1 fully saturated rings. The molecule has 5 heteroatoms. The Bertz CT molecular complexity index is 449. The lowest BCUT2D eigenvalue weighted by Gasteiger charge is -2.31. The van der Waals surface area contributed by atoms with E-state index in [-0.39, 0.29) is 24.2 Å². The van der Waals surface area contributed by atoms with Crippen molar-refractivity contribution in [2.24, 2.45) is 5.92 Å². The molecule has 18 heavy (non-hydrogen) atoms. The summed E-state index contributed by atoms with van der Waals surface area (Å²) in [6.07, 6.45) is 5.19. The summed E-state index contributed by atoms with van der Waals surface area (Å²) < 4.78 is 1.45. The van der Waals surface area contributed by atoms with Crippen molar-refractivity contribution in [2.75, 3.05) is 0 Å². The third-order valence-electron chi connectivity index (χ3n) is 3.61. The number of carbonyl (C=O) groups excluding carboxylic acids is 1. The van der Waals surface area contributed by atoms with Gasteiger partial charge in [0.1, 0.15) is 12.2 Å². The van der Waals surface area contributed by atoms with Crippen LogP contribution in [0.3, 0.4) is 0 Å². The topological polar surface area (TPSA) is 71.3 Å². The van der Waals surface area contributed by atoms with Crippen LogP contribution in [-0.2, 0) is 11.3 Å². The van der Waals surface area contributed by atoms with Crippen LogP contribution in [0.4, 0.5) is 0 Å². The maximum Gasteiger partial charge on any atom is 0.352 e. The maximum absolute atomic E-state index is 11.8. The summed E-state index contributed by atoms with van der Waals surface area (Å²) in [7, 11) is 0. The Morgan fingerprint density at radius 3 is 2.83 bits per heavy atom. The van der Waals surface area contributed by atoms with Crippen molar-refractivity contribution in [3.63, 3.8) is 0 Å². The Hall–Kier alpha value is -1.78. The van der Waals surface area contributed by atoms with Gasteiger partial charge in [0.25, 0.3) is 0 Å². The largest absolute Gasteiger partial charge is 0.477 e. The monoisotopic (exact) mass is 250 g/mol. The number of amides is 1. The Labute approximate surface area is 106 Å². The molecule has 1 atom stereocenters. The number of hydrogen-bond acceptors (Lipinski definition) is 2. The van der Waals surface area contributed by atoms with Gasteiger partial charge < -0.3 is 15.0 Å². The molecule has 1 aromatic rings. The van der Waals surface area contributed by atoms with E-state index < -0.39 is 5.97 Å². The summed E-state index contributed by atoms with van der Waals surface area (Å²) in [6.45, 7) is 2.07. The standard InChI is InChI=1S/C13H18N2O3/c1-9(10-4-2-5-10)14-12(16)8-15-7-3-6-11(15)13(17)18/h3,6-7,9-10H,2,4-5,8H2,1H3,(H,14,16)(H,17,18). The number of carboxylic acids is 1. The molecular formula is C13H18N2O3. The average Bonchev–Trinajstić information content (AvgIpc) is 2.62. The Kier molecular flexibility index (Phi) is 3.69. The highest BCUT2D eigenvalue weighted by Gasteiger charge is 2.25. The fourth-order valence-corrected chi connectivity index (χ4v) is 2.26. The number of nitrogens with zero attached hydrogens (tertiary/aromatic N) is 1. The summed E-state index contributed by atoms with van der Waals surface area (Å²) in [5.74, 6) is -0.564. The van der Waals surface area contributed by atoms with Gasteiger partial charge in [-0.05, 0) is 37.8 Å². The van der Waals surface area contributed by atoms with Crippen molar-refractivity contribution >= 4 is 11.9 Å². The van der Waals surface area contributed by atoms with E-state index >= 15 is 0 Å². The van der Waals surface area contributed by atoms with Crippen LogP contribution in [0.15, 0.2) is 18.3 Å². The number of nitrogens with one attached hydrogen (secondary N) is 1. The summed E-state index contributed by atoms with van der Waals surface area (Å²) in [6, 6.07) is 3.30. The second-order valence-electron chi connectivity index (χ2n) is 4.87. The van der Waals surface area contributed by atoms with Gasteiger partial charge in [-0.3, -0.25) is 4.79 Å². The minimum Gasteiger partial charge on any atom is -0.477 e. The van der Waals surface area contributed by atoms with Gasteiger partial charge in [0.05, 0.1) is 0 Å². The van der Waals surface area contributed by atoms with E-state index in [0.717, 1.165) is 0 Å². The van der Waals surface area contributed by atoms with Gasteiger partial charge in [0.2, 0.25) is 5.91 Å². The number of aromatic carboxylic acids is 1. The van der Waals surface area contributed by atoms with E-state index in [1.54, 1.807) is 12.3 Å². The molecule has 1 aromatic heterocycles.